The minimum atomic E-state index is -0.470. The van der Waals surface area contributed by atoms with Crippen LogP contribution in [-0.4, -0.2) is 20.2 Å². The molecule has 2 aromatic carbocycles. The van der Waals surface area contributed by atoms with Gasteiger partial charge in [0.1, 0.15) is 5.75 Å². The van der Waals surface area contributed by atoms with Gasteiger partial charge in [0.2, 0.25) is 5.82 Å². The number of phenolic OH excluding ortho intramolecular Hbond substituents is 1. The quantitative estimate of drug-likeness (QED) is 0.585. The molecule has 1 heterocycles. The Morgan fingerprint density at radius 2 is 1.62 bits per heavy atom. The van der Waals surface area contributed by atoms with E-state index in [0.717, 1.165) is 0 Å². The van der Waals surface area contributed by atoms with Crippen molar-refractivity contribution >= 4 is 5.69 Å². The number of nitro benzene ring substituents is 1. The van der Waals surface area contributed by atoms with Crippen LogP contribution in [0.3, 0.4) is 0 Å². The van der Waals surface area contributed by atoms with E-state index >= 15 is 0 Å². The number of phenols is 1. The van der Waals surface area contributed by atoms with E-state index in [9.17, 15) is 15.2 Å². The molecule has 0 unspecified atom stereocenters. The fraction of sp³-hybridized carbons (Fsp3) is 0. The topological polar surface area (TPSA) is 102 Å². The summed E-state index contributed by atoms with van der Waals surface area (Å²) < 4.78 is 5.15. The highest BCUT2D eigenvalue weighted by Crippen LogP contribution is 2.24. The molecule has 0 fully saturated rings. The van der Waals surface area contributed by atoms with Crippen LogP contribution in [0.4, 0.5) is 5.69 Å². The van der Waals surface area contributed by atoms with Crippen LogP contribution in [0.1, 0.15) is 0 Å². The van der Waals surface area contributed by atoms with Gasteiger partial charge in [-0.3, -0.25) is 10.1 Å². The third-order valence-electron chi connectivity index (χ3n) is 2.88. The van der Waals surface area contributed by atoms with Crippen molar-refractivity contribution in [3.05, 3.63) is 58.6 Å². The first-order valence-electron chi connectivity index (χ1n) is 6.01. The van der Waals surface area contributed by atoms with Crippen LogP contribution in [0.2, 0.25) is 0 Å². The van der Waals surface area contributed by atoms with Gasteiger partial charge in [-0.1, -0.05) is 5.16 Å². The summed E-state index contributed by atoms with van der Waals surface area (Å²) >= 11 is 0. The van der Waals surface area contributed by atoms with E-state index in [-0.39, 0.29) is 11.4 Å². The van der Waals surface area contributed by atoms with E-state index in [2.05, 4.69) is 10.1 Å². The van der Waals surface area contributed by atoms with Gasteiger partial charge >= 0.3 is 0 Å². The van der Waals surface area contributed by atoms with Gasteiger partial charge in [0.05, 0.1) is 4.92 Å². The average molecular weight is 283 g/mol. The number of rotatable bonds is 3. The largest absolute Gasteiger partial charge is 0.508 e. The number of hydrogen-bond acceptors (Lipinski definition) is 6. The number of nitrogens with zero attached hydrogens (tertiary/aromatic N) is 3. The van der Waals surface area contributed by atoms with Crippen molar-refractivity contribution in [2.24, 2.45) is 0 Å². The first-order valence-corrected chi connectivity index (χ1v) is 6.01. The summed E-state index contributed by atoms with van der Waals surface area (Å²) in [5, 5.41) is 23.7. The van der Waals surface area contributed by atoms with Crippen LogP contribution in [0.15, 0.2) is 53.1 Å². The van der Waals surface area contributed by atoms with Gasteiger partial charge in [-0.15, -0.1) is 0 Å². The van der Waals surface area contributed by atoms with Crippen molar-refractivity contribution in [2.75, 3.05) is 0 Å². The monoisotopic (exact) mass is 283 g/mol. The van der Waals surface area contributed by atoms with Gasteiger partial charge in [0.25, 0.3) is 11.6 Å². The average Bonchev–Trinajstić information content (AvgIpc) is 2.98. The second kappa shape index (κ2) is 5.04. The predicted octanol–water partition coefficient (Wildman–Crippen LogP) is 3.02. The number of hydrogen-bond donors (Lipinski definition) is 1. The molecule has 0 amide bonds. The Kier molecular flexibility index (Phi) is 3.07. The van der Waals surface area contributed by atoms with Crippen LogP contribution in [0, 0.1) is 10.1 Å². The van der Waals surface area contributed by atoms with Crippen molar-refractivity contribution in [3.8, 4) is 28.6 Å². The number of aromatic hydroxyl groups is 1. The highest BCUT2D eigenvalue weighted by molar-refractivity contribution is 5.61. The van der Waals surface area contributed by atoms with Crippen molar-refractivity contribution in [2.45, 2.75) is 0 Å². The van der Waals surface area contributed by atoms with Crippen molar-refractivity contribution in [1.29, 1.82) is 0 Å². The van der Waals surface area contributed by atoms with E-state index in [1.807, 2.05) is 0 Å². The Bertz CT molecular complexity index is 779. The molecular formula is C14H9N3O4. The van der Waals surface area contributed by atoms with Gasteiger partial charge in [-0.05, 0) is 36.4 Å². The molecule has 104 valence electrons. The molecule has 1 aromatic heterocycles. The Hall–Kier alpha value is -3.22. The van der Waals surface area contributed by atoms with E-state index in [4.69, 9.17) is 4.52 Å². The second-order valence-electron chi connectivity index (χ2n) is 4.27. The SMILES string of the molecule is O=[N+]([O-])c1ccc(-c2noc(-c3ccc(O)cc3)n2)cc1. The molecule has 0 saturated carbocycles. The Morgan fingerprint density at radius 3 is 2.24 bits per heavy atom. The zero-order chi connectivity index (χ0) is 14.8. The minimum Gasteiger partial charge on any atom is -0.508 e. The van der Waals surface area contributed by atoms with Crippen LogP contribution in [-0.2, 0) is 0 Å². The van der Waals surface area contributed by atoms with Gasteiger partial charge in [0.15, 0.2) is 0 Å². The number of benzene rings is 2. The van der Waals surface area contributed by atoms with E-state index in [1.165, 1.54) is 24.3 Å². The lowest BCUT2D eigenvalue weighted by Crippen LogP contribution is -1.87. The first-order chi connectivity index (χ1) is 10.1. The summed E-state index contributed by atoms with van der Waals surface area (Å²) in [6.45, 7) is 0. The molecule has 7 heteroatoms. The highest BCUT2D eigenvalue weighted by atomic mass is 16.6. The Balaban J connectivity index is 1.90. The molecule has 0 aliphatic carbocycles. The lowest BCUT2D eigenvalue weighted by atomic mass is 10.2. The number of non-ortho nitro benzene ring substituents is 1. The summed E-state index contributed by atoms with van der Waals surface area (Å²) in [7, 11) is 0. The molecule has 0 aliphatic heterocycles. The lowest BCUT2D eigenvalue weighted by Gasteiger charge is -1.94. The smallest absolute Gasteiger partial charge is 0.269 e. The number of nitro groups is 1. The zero-order valence-electron chi connectivity index (χ0n) is 10.6. The molecule has 0 bridgehead atoms. The summed E-state index contributed by atoms with van der Waals surface area (Å²) in [5.74, 6) is 0.796. The van der Waals surface area contributed by atoms with Crippen LogP contribution < -0.4 is 0 Å². The molecule has 3 aromatic rings. The van der Waals surface area contributed by atoms with Crippen LogP contribution >= 0.6 is 0 Å². The molecule has 3 rings (SSSR count). The minimum absolute atomic E-state index is 0.000929. The van der Waals surface area contributed by atoms with Gasteiger partial charge < -0.3 is 9.63 Å². The molecule has 0 atom stereocenters. The van der Waals surface area contributed by atoms with Gasteiger partial charge in [-0.25, -0.2) is 0 Å². The fourth-order valence-corrected chi connectivity index (χ4v) is 1.79. The van der Waals surface area contributed by atoms with Crippen molar-refractivity contribution < 1.29 is 14.6 Å². The summed E-state index contributed by atoms with van der Waals surface area (Å²) in [5.41, 5.74) is 1.30. The number of aromatic nitrogens is 2. The zero-order valence-corrected chi connectivity index (χ0v) is 10.6. The molecule has 0 aliphatic rings. The normalized spacial score (nSPS) is 10.5. The standard InChI is InChI=1S/C14H9N3O4/c18-12-7-3-10(4-8-12)14-15-13(16-21-14)9-1-5-11(6-2-9)17(19)20/h1-8,18H. The van der Waals surface area contributed by atoms with Crippen LogP contribution in [0.25, 0.3) is 22.8 Å². The van der Waals surface area contributed by atoms with E-state index in [1.54, 1.807) is 24.3 Å². The lowest BCUT2D eigenvalue weighted by molar-refractivity contribution is -0.384. The molecule has 1 N–H and O–H groups in total. The maximum absolute atomic E-state index is 10.6. The molecule has 0 saturated heterocycles. The van der Waals surface area contributed by atoms with Crippen molar-refractivity contribution in [3.63, 3.8) is 0 Å². The van der Waals surface area contributed by atoms with E-state index < -0.39 is 4.92 Å². The summed E-state index contributed by atoms with van der Waals surface area (Å²) in [6.07, 6.45) is 0. The predicted molar refractivity (Wildman–Crippen MR) is 73.5 cm³/mol. The van der Waals surface area contributed by atoms with Gasteiger partial charge in [0, 0.05) is 23.3 Å². The van der Waals surface area contributed by atoms with Crippen molar-refractivity contribution in [1.82, 2.24) is 10.1 Å². The first kappa shape index (κ1) is 12.8. The Labute approximate surface area is 118 Å². The maximum Gasteiger partial charge on any atom is 0.269 e. The third kappa shape index (κ3) is 2.57. The fourth-order valence-electron chi connectivity index (χ4n) is 1.79. The molecule has 21 heavy (non-hydrogen) atoms. The van der Waals surface area contributed by atoms with Gasteiger partial charge in [-0.2, -0.15) is 4.98 Å². The molecule has 0 radical (unpaired) electrons. The molecule has 0 spiro atoms. The molecule has 7 nitrogen and oxygen atoms in total. The second-order valence-corrected chi connectivity index (χ2v) is 4.27. The summed E-state index contributed by atoms with van der Waals surface area (Å²) in [4.78, 5) is 14.4. The molecular weight excluding hydrogens is 274 g/mol. The summed E-state index contributed by atoms with van der Waals surface area (Å²) in [6, 6.07) is 12.2. The highest BCUT2D eigenvalue weighted by Gasteiger charge is 2.12. The third-order valence-corrected chi connectivity index (χ3v) is 2.88. The maximum atomic E-state index is 10.6. The van der Waals surface area contributed by atoms with Crippen LogP contribution in [0.5, 0.6) is 5.75 Å². The van der Waals surface area contributed by atoms with E-state index in [0.29, 0.717) is 22.8 Å². The Morgan fingerprint density at radius 1 is 1.00 bits per heavy atom.